The highest BCUT2D eigenvalue weighted by Gasteiger charge is 2.04. The summed E-state index contributed by atoms with van der Waals surface area (Å²) in [7, 11) is 0. The molecule has 0 unspecified atom stereocenters. The largest absolute Gasteiger partial charge is 0.398 e. The summed E-state index contributed by atoms with van der Waals surface area (Å²) in [5, 5.41) is 7.69. The zero-order valence-corrected chi connectivity index (χ0v) is 8.48. The van der Waals surface area contributed by atoms with Crippen LogP contribution >= 0.6 is 34.2 Å². The fourth-order valence-corrected chi connectivity index (χ4v) is 1.54. The van der Waals surface area contributed by atoms with Gasteiger partial charge in [0.25, 0.3) is 0 Å². The summed E-state index contributed by atoms with van der Waals surface area (Å²) in [4.78, 5) is 0. The van der Waals surface area contributed by atoms with Gasteiger partial charge in [0.05, 0.1) is 5.02 Å². The first-order chi connectivity index (χ1) is 5.16. The lowest BCUT2D eigenvalue weighted by Crippen LogP contribution is -1.95. The van der Waals surface area contributed by atoms with Crippen molar-refractivity contribution in [2.24, 2.45) is 0 Å². The molecule has 4 heteroatoms. The van der Waals surface area contributed by atoms with Crippen LogP contribution in [0.5, 0.6) is 0 Å². The minimum atomic E-state index is 0.591. The molecule has 0 atom stereocenters. The van der Waals surface area contributed by atoms with E-state index in [0.29, 0.717) is 16.3 Å². The normalized spacial score (nSPS) is 9.64. The summed E-state index contributed by atoms with van der Waals surface area (Å²) in [5.74, 6) is 0. The number of hydrogen-bond acceptors (Lipinski definition) is 2. The number of anilines is 1. The zero-order valence-electron chi connectivity index (χ0n) is 5.57. The highest BCUT2D eigenvalue weighted by atomic mass is 127. The van der Waals surface area contributed by atoms with E-state index in [-0.39, 0.29) is 0 Å². The summed E-state index contributed by atoms with van der Waals surface area (Å²) in [6, 6.07) is 3.43. The van der Waals surface area contributed by atoms with Crippen LogP contribution in [0.2, 0.25) is 5.02 Å². The standard InChI is InChI=1S/C7H6ClIN2/c8-5-1-2-6(11)4(3-10)7(5)9/h1-3,10H,11H2. The van der Waals surface area contributed by atoms with E-state index in [1.54, 1.807) is 12.1 Å². The molecule has 0 aliphatic heterocycles. The van der Waals surface area contributed by atoms with Crippen LogP contribution in [0.25, 0.3) is 0 Å². The van der Waals surface area contributed by atoms with E-state index in [0.717, 1.165) is 3.57 Å². The Morgan fingerprint density at radius 3 is 2.64 bits per heavy atom. The van der Waals surface area contributed by atoms with Gasteiger partial charge in [-0.15, -0.1) is 0 Å². The maximum absolute atomic E-state index is 7.05. The van der Waals surface area contributed by atoms with Gasteiger partial charge in [0.15, 0.2) is 0 Å². The summed E-state index contributed by atoms with van der Waals surface area (Å²) >= 11 is 7.87. The third-order valence-corrected chi connectivity index (χ3v) is 3.11. The van der Waals surface area contributed by atoms with Crippen molar-refractivity contribution in [1.29, 1.82) is 5.41 Å². The predicted octanol–water partition coefficient (Wildman–Crippen LogP) is 2.52. The van der Waals surface area contributed by atoms with Crippen molar-refractivity contribution in [2.45, 2.75) is 0 Å². The molecule has 1 rings (SSSR count). The number of benzene rings is 1. The summed E-state index contributed by atoms with van der Waals surface area (Å²) in [5.41, 5.74) is 6.87. The maximum atomic E-state index is 7.05. The third-order valence-electron chi connectivity index (χ3n) is 1.31. The molecule has 0 heterocycles. The summed E-state index contributed by atoms with van der Waals surface area (Å²) in [6.45, 7) is 0. The second kappa shape index (κ2) is 3.40. The average molecular weight is 280 g/mol. The van der Waals surface area contributed by atoms with Crippen LogP contribution in [-0.2, 0) is 0 Å². The van der Waals surface area contributed by atoms with E-state index in [4.69, 9.17) is 22.7 Å². The van der Waals surface area contributed by atoms with E-state index < -0.39 is 0 Å². The smallest absolute Gasteiger partial charge is 0.0547 e. The second-order valence-corrected chi connectivity index (χ2v) is 3.49. The topological polar surface area (TPSA) is 49.9 Å². The van der Waals surface area contributed by atoms with Crippen molar-refractivity contribution in [3.63, 3.8) is 0 Å². The lowest BCUT2D eigenvalue weighted by atomic mass is 10.2. The number of nitrogens with two attached hydrogens (primary N) is 1. The second-order valence-electron chi connectivity index (χ2n) is 2.01. The Labute approximate surface area is 83.4 Å². The fourth-order valence-electron chi connectivity index (χ4n) is 0.728. The average Bonchev–Trinajstić information content (AvgIpc) is 1.99. The van der Waals surface area contributed by atoms with Crippen molar-refractivity contribution in [1.82, 2.24) is 0 Å². The van der Waals surface area contributed by atoms with Crippen LogP contribution in [-0.4, -0.2) is 6.21 Å². The Morgan fingerprint density at radius 1 is 1.55 bits per heavy atom. The molecular weight excluding hydrogens is 274 g/mol. The van der Waals surface area contributed by atoms with Gasteiger partial charge in [0.1, 0.15) is 0 Å². The van der Waals surface area contributed by atoms with Crippen LogP contribution in [0.15, 0.2) is 12.1 Å². The first kappa shape index (κ1) is 8.80. The highest BCUT2D eigenvalue weighted by Crippen LogP contribution is 2.24. The van der Waals surface area contributed by atoms with E-state index in [1.165, 1.54) is 6.21 Å². The molecule has 1 aromatic carbocycles. The van der Waals surface area contributed by atoms with Gasteiger partial charge in [-0.2, -0.15) is 0 Å². The van der Waals surface area contributed by atoms with Crippen LogP contribution in [0, 0.1) is 8.98 Å². The van der Waals surface area contributed by atoms with Gasteiger partial charge >= 0.3 is 0 Å². The van der Waals surface area contributed by atoms with E-state index in [9.17, 15) is 0 Å². The third kappa shape index (κ3) is 1.65. The number of nitrogen functional groups attached to an aromatic ring is 1. The first-order valence-electron chi connectivity index (χ1n) is 2.90. The minimum absolute atomic E-state index is 0.591. The predicted molar refractivity (Wildman–Crippen MR) is 56.5 cm³/mol. The van der Waals surface area contributed by atoms with Gasteiger partial charge in [-0.25, -0.2) is 0 Å². The maximum Gasteiger partial charge on any atom is 0.0547 e. The number of nitrogens with one attached hydrogen (secondary N) is 1. The molecule has 0 aliphatic carbocycles. The van der Waals surface area contributed by atoms with Gasteiger partial charge < -0.3 is 11.1 Å². The number of rotatable bonds is 1. The summed E-state index contributed by atoms with van der Waals surface area (Å²) in [6.07, 6.45) is 1.21. The molecule has 2 nitrogen and oxygen atoms in total. The minimum Gasteiger partial charge on any atom is -0.398 e. The summed E-state index contributed by atoms with van der Waals surface area (Å²) < 4.78 is 0.833. The van der Waals surface area contributed by atoms with Crippen molar-refractivity contribution in [3.05, 3.63) is 26.3 Å². The fraction of sp³-hybridized carbons (Fsp3) is 0. The molecule has 0 amide bonds. The van der Waals surface area contributed by atoms with Crippen molar-refractivity contribution in [3.8, 4) is 0 Å². The molecule has 0 aliphatic rings. The molecule has 3 N–H and O–H groups in total. The van der Waals surface area contributed by atoms with Gasteiger partial charge in [0.2, 0.25) is 0 Å². The molecule has 1 aromatic rings. The number of halogens is 2. The molecule has 0 radical (unpaired) electrons. The molecule has 11 heavy (non-hydrogen) atoms. The van der Waals surface area contributed by atoms with Crippen molar-refractivity contribution < 1.29 is 0 Å². The Bertz CT molecular complexity index is 299. The Morgan fingerprint density at radius 2 is 2.18 bits per heavy atom. The molecule has 0 fully saturated rings. The lowest BCUT2D eigenvalue weighted by Gasteiger charge is -2.03. The van der Waals surface area contributed by atoms with E-state index in [1.807, 2.05) is 0 Å². The zero-order chi connectivity index (χ0) is 8.43. The first-order valence-corrected chi connectivity index (χ1v) is 4.36. The van der Waals surface area contributed by atoms with Gasteiger partial charge in [0, 0.05) is 21.0 Å². The van der Waals surface area contributed by atoms with Crippen LogP contribution < -0.4 is 5.73 Å². The molecule has 0 saturated heterocycles. The highest BCUT2D eigenvalue weighted by molar-refractivity contribution is 14.1. The molecule has 0 saturated carbocycles. The van der Waals surface area contributed by atoms with Gasteiger partial charge in [-0.1, -0.05) is 11.6 Å². The SMILES string of the molecule is N=Cc1c(N)ccc(Cl)c1I. The lowest BCUT2D eigenvalue weighted by molar-refractivity contribution is 1.52. The van der Waals surface area contributed by atoms with Crippen LogP contribution in [0.1, 0.15) is 5.56 Å². The Kier molecular flexibility index (Phi) is 2.72. The molecule has 0 bridgehead atoms. The molecular formula is C7H6ClIN2. The van der Waals surface area contributed by atoms with Gasteiger partial charge in [-0.3, -0.25) is 0 Å². The number of hydrogen-bond donors (Lipinski definition) is 2. The monoisotopic (exact) mass is 280 g/mol. The van der Waals surface area contributed by atoms with E-state index in [2.05, 4.69) is 22.6 Å². The van der Waals surface area contributed by atoms with Crippen molar-refractivity contribution >= 4 is 46.1 Å². The van der Waals surface area contributed by atoms with E-state index >= 15 is 0 Å². The Balaban J connectivity index is 3.40. The molecule has 0 aromatic heterocycles. The van der Waals surface area contributed by atoms with Crippen molar-refractivity contribution in [2.75, 3.05) is 5.73 Å². The van der Waals surface area contributed by atoms with Crippen LogP contribution in [0.4, 0.5) is 5.69 Å². The Hall–Kier alpha value is -0.290. The van der Waals surface area contributed by atoms with Gasteiger partial charge in [-0.05, 0) is 34.7 Å². The quantitative estimate of drug-likeness (QED) is 0.463. The molecule has 58 valence electrons. The van der Waals surface area contributed by atoms with Crippen LogP contribution in [0.3, 0.4) is 0 Å². The molecule has 0 spiro atoms.